The number of halogens is 1. The first-order valence-corrected chi connectivity index (χ1v) is 9.26. The molecular weight excluding hydrogens is 485 g/mol. The van der Waals surface area contributed by atoms with Crippen LogP contribution in [0.5, 0.6) is 17.2 Å². The number of aromatic nitrogens is 2. The lowest BCUT2D eigenvalue weighted by atomic mass is 10.1. The Kier molecular flexibility index (Phi) is 10.6. The largest absolute Gasteiger partial charge is 0.496 e. The van der Waals surface area contributed by atoms with Crippen molar-refractivity contribution in [2.24, 2.45) is 4.99 Å². The van der Waals surface area contributed by atoms with Gasteiger partial charge in [0.25, 0.3) is 0 Å². The lowest BCUT2D eigenvalue weighted by molar-refractivity contribution is 0.347. The van der Waals surface area contributed by atoms with Crippen LogP contribution in [0.25, 0.3) is 0 Å². The molecule has 2 aromatic rings. The van der Waals surface area contributed by atoms with E-state index in [0.29, 0.717) is 18.0 Å². The summed E-state index contributed by atoms with van der Waals surface area (Å²) in [5.41, 5.74) is 3.18. The minimum atomic E-state index is 0. The fourth-order valence-electron chi connectivity index (χ4n) is 2.97. The maximum Gasteiger partial charge on any atom is 0.191 e. The quantitative estimate of drug-likeness (QED) is 0.231. The average Bonchev–Trinajstić information content (AvgIpc) is 3.03. The molecule has 2 rings (SSSR count). The predicted molar refractivity (Wildman–Crippen MR) is 126 cm³/mol. The first kappa shape index (κ1) is 24.9. The molecule has 0 aliphatic carbocycles. The number of rotatable bonds is 9. The third-order valence-electron chi connectivity index (χ3n) is 4.40. The summed E-state index contributed by atoms with van der Waals surface area (Å²) in [6.45, 7) is 6.29. The van der Waals surface area contributed by atoms with Crippen molar-refractivity contribution < 1.29 is 14.2 Å². The minimum Gasteiger partial charge on any atom is -0.496 e. The van der Waals surface area contributed by atoms with Gasteiger partial charge in [0.2, 0.25) is 0 Å². The molecule has 0 aliphatic rings. The Bertz CT molecular complexity index is 808. The Balaban J connectivity index is 0.00000420. The standard InChI is InChI=1S/C20H31N5O3.HI/c1-14-10-15(2)25(24-14)9-7-8-22-20(21-3)23-13-16-11-18(27-5)19(28-6)12-17(16)26-4;/h10-12H,7-9,13H2,1-6H3,(H2,21,22,23);1H. The third-order valence-corrected chi connectivity index (χ3v) is 4.40. The van der Waals surface area contributed by atoms with Crippen LogP contribution in [-0.4, -0.2) is 50.7 Å². The van der Waals surface area contributed by atoms with Crippen molar-refractivity contribution in [1.82, 2.24) is 20.4 Å². The molecule has 0 radical (unpaired) electrons. The number of methoxy groups -OCH3 is 3. The highest BCUT2D eigenvalue weighted by molar-refractivity contribution is 14.0. The number of hydrogen-bond acceptors (Lipinski definition) is 5. The van der Waals surface area contributed by atoms with Crippen LogP contribution in [0.3, 0.4) is 0 Å². The van der Waals surface area contributed by atoms with Crippen molar-refractivity contribution >= 4 is 29.9 Å². The summed E-state index contributed by atoms with van der Waals surface area (Å²) in [4.78, 5) is 4.28. The number of guanidine groups is 1. The summed E-state index contributed by atoms with van der Waals surface area (Å²) in [6, 6.07) is 5.81. The van der Waals surface area contributed by atoms with Crippen LogP contribution in [0.1, 0.15) is 23.4 Å². The Morgan fingerprint density at radius 2 is 1.66 bits per heavy atom. The number of ether oxygens (including phenoxy) is 3. The zero-order chi connectivity index (χ0) is 20.5. The van der Waals surface area contributed by atoms with E-state index in [0.717, 1.165) is 42.5 Å². The second kappa shape index (κ2) is 12.4. The van der Waals surface area contributed by atoms with Crippen molar-refractivity contribution in [2.45, 2.75) is 33.4 Å². The maximum atomic E-state index is 5.47. The first-order valence-electron chi connectivity index (χ1n) is 9.26. The fourth-order valence-corrected chi connectivity index (χ4v) is 2.97. The van der Waals surface area contributed by atoms with E-state index >= 15 is 0 Å². The lowest BCUT2D eigenvalue weighted by Crippen LogP contribution is -2.37. The van der Waals surface area contributed by atoms with Crippen molar-refractivity contribution in [3.63, 3.8) is 0 Å². The zero-order valence-corrected chi connectivity index (χ0v) is 20.4. The van der Waals surface area contributed by atoms with Crippen LogP contribution in [0, 0.1) is 13.8 Å². The van der Waals surface area contributed by atoms with Gasteiger partial charge in [0.05, 0.1) is 27.0 Å². The zero-order valence-electron chi connectivity index (χ0n) is 18.0. The number of aryl methyl sites for hydroxylation is 3. The van der Waals surface area contributed by atoms with Crippen LogP contribution in [0.4, 0.5) is 0 Å². The Morgan fingerprint density at radius 1 is 1.00 bits per heavy atom. The SMILES string of the molecule is CN=C(NCCCn1nc(C)cc1C)NCc1cc(OC)c(OC)cc1OC.I. The summed E-state index contributed by atoms with van der Waals surface area (Å²) in [6.07, 6.45) is 0.947. The van der Waals surface area contributed by atoms with Crippen molar-refractivity contribution in [3.05, 3.63) is 35.2 Å². The average molecular weight is 517 g/mol. The molecule has 0 bridgehead atoms. The minimum absolute atomic E-state index is 0. The van der Waals surface area contributed by atoms with Gasteiger partial charge in [-0.1, -0.05) is 0 Å². The van der Waals surface area contributed by atoms with Gasteiger partial charge in [0, 0.05) is 44.0 Å². The van der Waals surface area contributed by atoms with Gasteiger partial charge in [-0.3, -0.25) is 9.67 Å². The molecule has 1 aromatic heterocycles. The van der Waals surface area contributed by atoms with Crippen LogP contribution in [-0.2, 0) is 13.1 Å². The molecule has 0 spiro atoms. The smallest absolute Gasteiger partial charge is 0.191 e. The van der Waals surface area contributed by atoms with Crippen LogP contribution < -0.4 is 24.8 Å². The van der Waals surface area contributed by atoms with Crippen LogP contribution >= 0.6 is 24.0 Å². The molecule has 0 amide bonds. The van der Waals surface area contributed by atoms with Gasteiger partial charge in [-0.15, -0.1) is 24.0 Å². The van der Waals surface area contributed by atoms with Gasteiger partial charge in [0.1, 0.15) is 5.75 Å². The molecule has 0 unspecified atom stereocenters. The molecule has 9 heteroatoms. The molecule has 0 fully saturated rings. The fraction of sp³-hybridized carbons (Fsp3) is 0.500. The third kappa shape index (κ3) is 6.98. The van der Waals surface area contributed by atoms with E-state index < -0.39 is 0 Å². The van der Waals surface area contributed by atoms with E-state index in [1.807, 2.05) is 23.7 Å². The van der Waals surface area contributed by atoms with Crippen LogP contribution in [0.2, 0.25) is 0 Å². The van der Waals surface area contributed by atoms with Crippen molar-refractivity contribution in [1.29, 1.82) is 0 Å². The molecule has 0 saturated carbocycles. The number of aliphatic imine (C=N–C) groups is 1. The molecule has 0 atom stereocenters. The highest BCUT2D eigenvalue weighted by Crippen LogP contribution is 2.34. The number of nitrogens with zero attached hydrogens (tertiary/aromatic N) is 3. The van der Waals surface area contributed by atoms with Gasteiger partial charge < -0.3 is 24.8 Å². The number of benzene rings is 1. The molecule has 8 nitrogen and oxygen atoms in total. The topological polar surface area (TPSA) is 81.9 Å². The molecule has 2 N–H and O–H groups in total. The molecule has 1 heterocycles. The molecule has 162 valence electrons. The summed E-state index contributed by atoms with van der Waals surface area (Å²) >= 11 is 0. The number of hydrogen-bond donors (Lipinski definition) is 2. The van der Waals surface area contributed by atoms with E-state index in [1.165, 1.54) is 5.69 Å². The maximum absolute atomic E-state index is 5.47. The van der Waals surface area contributed by atoms with Gasteiger partial charge >= 0.3 is 0 Å². The molecule has 0 saturated heterocycles. The molecule has 1 aromatic carbocycles. The first-order chi connectivity index (χ1) is 13.5. The molecule has 0 aliphatic heterocycles. The van der Waals surface area contributed by atoms with Gasteiger partial charge in [-0.25, -0.2) is 0 Å². The van der Waals surface area contributed by atoms with Gasteiger partial charge in [-0.2, -0.15) is 5.10 Å². The van der Waals surface area contributed by atoms with Crippen molar-refractivity contribution in [2.75, 3.05) is 34.9 Å². The van der Waals surface area contributed by atoms with E-state index in [2.05, 4.69) is 33.7 Å². The molecule has 29 heavy (non-hydrogen) atoms. The van der Waals surface area contributed by atoms with Crippen LogP contribution in [0.15, 0.2) is 23.2 Å². The van der Waals surface area contributed by atoms with Gasteiger partial charge in [-0.05, 0) is 32.4 Å². The highest BCUT2D eigenvalue weighted by Gasteiger charge is 2.12. The molecular formula is C20H32IN5O3. The summed E-state index contributed by atoms with van der Waals surface area (Å²) in [5.74, 6) is 2.75. The predicted octanol–water partition coefficient (Wildman–Crippen LogP) is 2.90. The van der Waals surface area contributed by atoms with Gasteiger partial charge in [0.15, 0.2) is 17.5 Å². The Labute approximate surface area is 190 Å². The van der Waals surface area contributed by atoms with E-state index in [9.17, 15) is 0 Å². The monoisotopic (exact) mass is 517 g/mol. The number of nitrogens with one attached hydrogen (secondary N) is 2. The Morgan fingerprint density at radius 3 is 2.21 bits per heavy atom. The summed E-state index contributed by atoms with van der Waals surface area (Å²) < 4.78 is 18.2. The second-order valence-corrected chi connectivity index (χ2v) is 6.38. The lowest BCUT2D eigenvalue weighted by Gasteiger charge is -2.16. The van der Waals surface area contributed by atoms with E-state index in [1.54, 1.807) is 28.4 Å². The highest BCUT2D eigenvalue weighted by atomic mass is 127. The normalized spacial score (nSPS) is 10.9. The second-order valence-electron chi connectivity index (χ2n) is 6.38. The van der Waals surface area contributed by atoms with E-state index in [4.69, 9.17) is 14.2 Å². The summed E-state index contributed by atoms with van der Waals surface area (Å²) in [5, 5.41) is 11.1. The summed E-state index contributed by atoms with van der Waals surface area (Å²) in [7, 11) is 6.61. The Hall–Kier alpha value is -2.17. The van der Waals surface area contributed by atoms with E-state index in [-0.39, 0.29) is 24.0 Å². The van der Waals surface area contributed by atoms with Crippen molar-refractivity contribution in [3.8, 4) is 17.2 Å².